The summed E-state index contributed by atoms with van der Waals surface area (Å²) in [6, 6.07) is 0. The third-order valence-corrected chi connectivity index (χ3v) is 2.69. The summed E-state index contributed by atoms with van der Waals surface area (Å²) in [6.45, 7) is 3.96. The van der Waals surface area contributed by atoms with E-state index < -0.39 is 11.8 Å². The molecular formula is C10H19F2NO. The lowest BCUT2D eigenvalue weighted by atomic mass is 9.83. The highest BCUT2D eigenvalue weighted by Gasteiger charge is 2.27. The van der Waals surface area contributed by atoms with Gasteiger partial charge < -0.3 is 4.79 Å². The number of alkyl halides is 2. The average Bonchev–Trinajstić information content (AvgIpc) is 2.13. The Balaban J connectivity index is 4.22. The molecular weight excluding hydrogens is 188 g/mol. The van der Waals surface area contributed by atoms with Gasteiger partial charge in [-0.15, -0.1) is 0 Å². The lowest BCUT2D eigenvalue weighted by Crippen LogP contribution is -2.38. The summed E-state index contributed by atoms with van der Waals surface area (Å²) in [5, 5.41) is 0. The highest BCUT2D eigenvalue weighted by Crippen LogP contribution is 2.24. The Labute approximate surface area is 84.3 Å². The summed E-state index contributed by atoms with van der Waals surface area (Å²) in [7, 11) is 1.62. The zero-order valence-corrected chi connectivity index (χ0v) is 9.09. The van der Waals surface area contributed by atoms with Crippen molar-refractivity contribution >= 4 is 6.29 Å². The average molecular weight is 207 g/mol. The van der Waals surface area contributed by atoms with Crippen LogP contribution in [0.2, 0.25) is 0 Å². The van der Waals surface area contributed by atoms with Gasteiger partial charge in [0.2, 0.25) is 0 Å². The predicted molar refractivity (Wildman–Crippen MR) is 52.6 cm³/mol. The second kappa shape index (κ2) is 6.06. The first-order valence-corrected chi connectivity index (χ1v) is 4.92. The molecule has 4 heteroatoms. The van der Waals surface area contributed by atoms with E-state index in [9.17, 15) is 13.6 Å². The molecule has 0 bridgehead atoms. The molecule has 0 radical (unpaired) electrons. The van der Waals surface area contributed by atoms with Gasteiger partial charge in [-0.25, -0.2) is 8.78 Å². The van der Waals surface area contributed by atoms with Crippen LogP contribution in [0.1, 0.15) is 26.7 Å². The van der Waals surface area contributed by atoms with Gasteiger partial charge >= 0.3 is 0 Å². The van der Waals surface area contributed by atoms with E-state index in [-0.39, 0.29) is 6.54 Å². The minimum Gasteiger partial charge on any atom is -0.303 e. The molecule has 14 heavy (non-hydrogen) atoms. The molecule has 0 aromatic heterocycles. The summed E-state index contributed by atoms with van der Waals surface area (Å²) in [4.78, 5) is 12.4. The molecule has 0 atom stereocenters. The van der Waals surface area contributed by atoms with Crippen LogP contribution in [0, 0.1) is 5.41 Å². The SMILES string of the molecule is CCC(C=O)(CC)CN(C)CC(F)F. The summed E-state index contributed by atoms with van der Waals surface area (Å²) < 4.78 is 24.1. The van der Waals surface area contributed by atoms with E-state index in [0.29, 0.717) is 19.4 Å². The summed E-state index contributed by atoms with van der Waals surface area (Å²) in [5.74, 6) is 0. The largest absolute Gasteiger partial charge is 0.303 e. The van der Waals surface area contributed by atoms with Crippen LogP contribution in [0.25, 0.3) is 0 Å². The third kappa shape index (κ3) is 4.13. The topological polar surface area (TPSA) is 20.3 Å². The van der Waals surface area contributed by atoms with Crippen LogP contribution in [0.3, 0.4) is 0 Å². The van der Waals surface area contributed by atoms with Crippen molar-refractivity contribution in [1.29, 1.82) is 0 Å². The Bertz CT molecular complexity index is 170. The molecule has 0 aliphatic rings. The maximum absolute atomic E-state index is 12.0. The van der Waals surface area contributed by atoms with Gasteiger partial charge in [0.15, 0.2) is 0 Å². The quantitative estimate of drug-likeness (QED) is 0.596. The van der Waals surface area contributed by atoms with Crippen molar-refractivity contribution in [3.05, 3.63) is 0 Å². The highest BCUT2D eigenvalue weighted by atomic mass is 19.3. The zero-order chi connectivity index (χ0) is 11.2. The molecule has 0 unspecified atom stereocenters. The van der Waals surface area contributed by atoms with Gasteiger partial charge in [-0.2, -0.15) is 0 Å². The molecule has 0 saturated heterocycles. The molecule has 0 N–H and O–H groups in total. The summed E-state index contributed by atoms with van der Waals surface area (Å²) >= 11 is 0. The van der Waals surface area contributed by atoms with Gasteiger partial charge in [0.25, 0.3) is 6.43 Å². The molecule has 0 saturated carbocycles. The van der Waals surface area contributed by atoms with E-state index in [4.69, 9.17) is 0 Å². The molecule has 0 aliphatic carbocycles. The van der Waals surface area contributed by atoms with Crippen molar-refractivity contribution in [2.75, 3.05) is 20.1 Å². The zero-order valence-electron chi connectivity index (χ0n) is 9.09. The number of hydrogen-bond donors (Lipinski definition) is 0. The van der Waals surface area contributed by atoms with Crippen LogP contribution in [0.15, 0.2) is 0 Å². The van der Waals surface area contributed by atoms with E-state index in [1.165, 1.54) is 4.90 Å². The minimum absolute atomic E-state index is 0.268. The fourth-order valence-corrected chi connectivity index (χ4v) is 1.52. The van der Waals surface area contributed by atoms with Crippen molar-refractivity contribution in [2.45, 2.75) is 33.1 Å². The fourth-order valence-electron chi connectivity index (χ4n) is 1.52. The molecule has 0 aromatic carbocycles. The molecule has 0 aromatic rings. The van der Waals surface area contributed by atoms with Crippen molar-refractivity contribution in [2.24, 2.45) is 5.41 Å². The smallest absolute Gasteiger partial charge is 0.251 e. The number of halogens is 2. The maximum atomic E-state index is 12.0. The lowest BCUT2D eigenvalue weighted by Gasteiger charge is -2.30. The molecule has 0 spiro atoms. The molecule has 0 amide bonds. The summed E-state index contributed by atoms with van der Waals surface area (Å²) in [5.41, 5.74) is -0.455. The number of carbonyl (C=O) groups excluding carboxylic acids is 1. The first kappa shape index (κ1) is 13.5. The van der Waals surface area contributed by atoms with Gasteiger partial charge in [-0.1, -0.05) is 13.8 Å². The van der Waals surface area contributed by atoms with Crippen LogP contribution < -0.4 is 0 Å². The van der Waals surface area contributed by atoms with Gasteiger partial charge in [-0.05, 0) is 19.9 Å². The molecule has 84 valence electrons. The van der Waals surface area contributed by atoms with Crippen molar-refractivity contribution < 1.29 is 13.6 Å². The third-order valence-electron chi connectivity index (χ3n) is 2.69. The van der Waals surface area contributed by atoms with Crippen LogP contribution in [0.5, 0.6) is 0 Å². The first-order valence-electron chi connectivity index (χ1n) is 4.92. The molecule has 0 heterocycles. The molecule has 0 aliphatic heterocycles. The number of carbonyl (C=O) groups is 1. The molecule has 0 fully saturated rings. The van der Waals surface area contributed by atoms with E-state index >= 15 is 0 Å². The van der Waals surface area contributed by atoms with E-state index in [2.05, 4.69) is 0 Å². The number of nitrogens with zero attached hydrogens (tertiary/aromatic N) is 1. The van der Waals surface area contributed by atoms with Crippen LogP contribution in [0.4, 0.5) is 8.78 Å². The van der Waals surface area contributed by atoms with Gasteiger partial charge in [-0.3, -0.25) is 4.90 Å². The summed E-state index contributed by atoms with van der Waals surface area (Å²) in [6.07, 6.45) is -0.0473. The Morgan fingerprint density at radius 1 is 1.36 bits per heavy atom. The Hall–Kier alpha value is -0.510. The van der Waals surface area contributed by atoms with Crippen LogP contribution in [-0.2, 0) is 4.79 Å². The Morgan fingerprint density at radius 2 is 1.86 bits per heavy atom. The van der Waals surface area contributed by atoms with Crippen LogP contribution >= 0.6 is 0 Å². The number of rotatable bonds is 7. The van der Waals surface area contributed by atoms with Crippen molar-refractivity contribution in [3.8, 4) is 0 Å². The first-order chi connectivity index (χ1) is 6.49. The Morgan fingerprint density at radius 3 is 2.14 bits per heavy atom. The van der Waals surface area contributed by atoms with E-state index in [0.717, 1.165) is 6.29 Å². The monoisotopic (exact) mass is 207 g/mol. The van der Waals surface area contributed by atoms with E-state index in [1.807, 2.05) is 13.8 Å². The predicted octanol–water partition coefficient (Wildman–Crippen LogP) is 2.19. The normalized spacial score (nSPS) is 12.5. The van der Waals surface area contributed by atoms with Crippen molar-refractivity contribution in [1.82, 2.24) is 4.90 Å². The second-order valence-corrected chi connectivity index (χ2v) is 3.78. The Kier molecular flexibility index (Phi) is 5.84. The number of hydrogen-bond acceptors (Lipinski definition) is 2. The van der Waals surface area contributed by atoms with E-state index in [1.54, 1.807) is 7.05 Å². The molecule has 2 nitrogen and oxygen atoms in total. The maximum Gasteiger partial charge on any atom is 0.251 e. The standard InChI is InChI=1S/C10H19F2NO/c1-4-10(5-2,8-14)7-13(3)6-9(11)12/h8-9H,4-7H2,1-3H3. The fraction of sp³-hybridized carbons (Fsp3) is 0.900. The lowest BCUT2D eigenvalue weighted by molar-refractivity contribution is -0.117. The van der Waals surface area contributed by atoms with Gasteiger partial charge in [0.05, 0.1) is 6.54 Å². The second-order valence-electron chi connectivity index (χ2n) is 3.78. The van der Waals surface area contributed by atoms with Gasteiger partial charge in [0, 0.05) is 12.0 Å². The van der Waals surface area contributed by atoms with Crippen molar-refractivity contribution in [3.63, 3.8) is 0 Å². The minimum atomic E-state index is -2.34. The van der Waals surface area contributed by atoms with Gasteiger partial charge in [0.1, 0.15) is 6.29 Å². The highest BCUT2D eigenvalue weighted by molar-refractivity contribution is 5.59. The molecule has 0 rings (SSSR count). The van der Waals surface area contributed by atoms with Crippen LogP contribution in [-0.4, -0.2) is 37.7 Å². The number of aldehydes is 1.